The van der Waals surface area contributed by atoms with Gasteiger partial charge in [0.2, 0.25) is 0 Å². The molecule has 1 aromatic carbocycles. The third kappa shape index (κ3) is 6.11. The molecular weight excluding hydrogens is 289 g/mol. The molecule has 1 unspecified atom stereocenters. The van der Waals surface area contributed by atoms with Gasteiger partial charge >= 0.3 is 6.18 Å². The van der Waals surface area contributed by atoms with Crippen molar-refractivity contribution in [1.82, 2.24) is 4.90 Å². The van der Waals surface area contributed by atoms with Crippen LogP contribution in [0, 0.1) is 0 Å². The lowest BCUT2D eigenvalue weighted by Crippen LogP contribution is -2.40. The fraction of sp³-hybridized carbons (Fsp3) is 0.571. The minimum Gasteiger partial charge on any atom is -0.324 e. The van der Waals surface area contributed by atoms with E-state index in [1.165, 1.54) is 4.90 Å². The molecule has 0 aromatic heterocycles. The number of halogens is 4. The fourth-order valence-electron chi connectivity index (χ4n) is 1.93. The molecule has 0 radical (unpaired) electrons. The molecule has 0 aliphatic carbocycles. The average molecular weight is 309 g/mol. The smallest absolute Gasteiger partial charge is 0.324 e. The Labute approximate surface area is 122 Å². The van der Waals surface area contributed by atoms with E-state index in [1.54, 1.807) is 38.1 Å². The molecule has 2 nitrogen and oxygen atoms in total. The van der Waals surface area contributed by atoms with Crippen molar-refractivity contribution >= 4 is 11.6 Å². The van der Waals surface area contributed by atoms with Crippen LogP contribution < -0.4 is 5.73 Å². The Balaban J connectivity index is 2.56. The number of benzene rings is 1. The molecule has 0 heterocycles. The summed E-state index contributed by atoms with van der Waals surface area (Å²) < 4.78 is 37.4. The molecule has 0 aliphatic heterocycles. The van der Waals surface area contributed by atoms with Gasteiger partial charge in [-0.1, -0.05) is 23.7 Å². The van der Waals surface area contributed by atoms with Crippen LogP contribution in [-0.2, 0) is 0 Å². The first kappa shape index (κ1) is 17.3. The standard InChI is InChI=1S/C14H20ClF3N2/c1-10(2)20(9-14(16,17)18)8-7-13(19)11-3-5-12(15)6-4-11/h3-6,10,13H,7-9,19H2,1-2H3. The van der Waals surface area contributed by atoms with E-state index < -0.39 is 12.7 Å². The van der Waals surface area contributed by atoms with E-state index in [4.69, 9.17) is 17.3 Å². The third-order valence-corrected chi connectivity index (χ3v) is 3.39. The number of hydrogen-bond donors (Lipinski definition) is 1. The number of alkyl halides is 3. The summed E-state index contributed by atoms with van der Waals surface area (Å²) in [6, 6.07) is 6.60. The zero-order valence-electron chi connectivity index (χ0n) is 11.6. The highest BCUT2D eigenvalue weighted by Crippen LogP contribution is 2.21. The van der Waals surface area contributed by atoms with E-state index in [0.29, 0.717) is 18.0 Å². The molecule has 1 atom stereocenters. The molecule has 0 aliphatic rings. The van der Waals surface area contributed by atoms with Gasteiger partial charge in [-0.25, -0.2) is 0 Å². The van der Waals surface area contributed by atoms with Crippen molar-refractivity contribution in [2.75, 3.05) is 13.1 Å². The van der Waals surface area contributed by atoms with Crippen molar-refractivity contribution in [2.24, 2.45) is 5.73 Å². The molecule has 20 heavy (non-hydrogen) atoms. The van der Waals surface area contributed by atoms with Gasteiger partial charge in [-0.2, -0.15) is 13.2 Å². The maximum atomic E-state index is 12.5. The van der Waals surface area contributed by atoms with Crippen molar-refractivity contribution in [3.8, 4) is 0 Å². The predicted octanol–water partition coefficient (Wildman–Crippen LogP) is 4.00. The van der Waals surface area contributed by atoms with Gasteiger partial charge in [0.15, 0.2) is 0 Å². The molecule has 6 heteroatoms. The Hall–Kier alpha value is -0.780. The molecule has 114 valence electrons. The Morgan fingerprint density at radius 2 is 1.75 bits per heavy atom. The van der Waals surface area contributed by atoms with Crippen LogP contribution in [-0.4, -0.2) is 30.2 Å². The van der Waals surface area contributed by atoms with E-state index in [9.17, 15) is 13.2 Å². The molecule has 0 saturated carbocycles. The fourth-order valence-corrected chi connectivity index (χ4v) is 2.06. The minimum atomic E-state index is -4.19. The normalized spacial score (nSPS) is 14.1. The Bertz CT molecular complexity index is 404. The molecule has 0 spiro atoms. The second-order valence-corrected chi connectivity index (χ2v) is 5.56. The van der Waals surface area contributed by atoms with Crippen LogP contribution in [0.5, 0.6) is 0 Å². The second-order valence-electron chi connectivity index (χ2n) is 5.13. The van der Waals surface area contributed by atoms with Crippen LogP contribution in [0.2, 0.25) is 5.02 Å². The summed E-state index contributed by atoms with van der Waals surface area (Å²) in [5.74, 6) is 0. The second kappa shape index (κ2) is 7.29. The zero-order chi connectivity index (χ0) is 15.3. The SMILES string of the molecule is CC(C)N(CCC(N)c1ccc(Cl)cc1)CC(F)(F)F. The molecule has 0 saturated heterocycles. The summed E-state index contributed by atoms with van der Waals surface area (Å²) >= 11 is 5.78. The lowest BCUT2D eigenvalue weighted by atomic mass is 10.0. The monoisotopic (exact) mass is 308 g/mol. The van der Waals surface area contributed by atoms with E-state index in [2.05, 4.69) is 0 Å². The van der Waals surface area contributed by atoms with Crippen molar-refractivity contribution in [3.63, 3.8) is 0 Å². The Morgan fingerprint density at radius 3 is 2.20 bits per heavy atom. The minimum absolute atomic E-state index is 0.172. The lowest BCUT2D eigenvalue weighted by molar-refractivity contribution is -0.149. The molecule has 0 fully saturated rings. The number of hydrogen-bond acceptors (Lipinski definition) is 2. The molecule has 0 bridgehead atoms. The summed E-state index contributed by atoms with van der Waals surface area (Å²) in [6.45, 7) is 2.90. The Morgan fingerprint density at radius 1 is 1.20 bits per heavy atom. The van der Waals surface area contributed by atoms with Crippen LogP contribution in [0.4, 0.5) is 13.2 Å². The number of nitrogens with two attached hydrogens (primary N) is 1. The van der Waals surface area contributed by atoms with E-state index in [-0.39, 0.29) is 12.1 Å². The van der Waals surface area contributed by atoms with Crippen molar-refractivity contribution in [1.29, 1.82) is 0 Å². The number of nitrogens with zero attached hydrogens (tertiary/aromatic N) is 1. The summed E-state index contributed by atoms with van der Waals surface area (Å²) in [5.41, 5.74) is 6.89. The maximum absolute atomic E-state index is 12.5. The third-order valence-electron chi connectivity index (χ3n) is 3.14. The first-order valence-corrected chi connectivity index (χ1v) is 6.88. The highest BCUT2D eigenvalue weighted by molar-refractivity contribution is 6.30. The summed E-state index contributed by atoms with van der Waals surface area (Å²) in [7, 11) is 0. The van der Waals surface area contributed by atoms with Gasteiger partial charge in [0, 0.05) is 23.7 Å². The molecule has 0 amide bonds. The summed E-state index contributed by atoms with van der Waals surface area (Å²) in [4.78, 5) is 1.38. The maximum Gasteiger partial charge on any atom is 0.401 e. The van der Waals surface area contributed by atoms with Crippen LogP contribution in [0.15, 0.2) is 24.3 Å². The van der Waals surface area contributed by atoms with E-state index >= 15 is 0 Å². The van der Waals surface area contributed by atoms with Crippen molar-refractivity contribution < 1.29 is 13.2 Å². The molecule has 2 N–H and O–H groups in total. The first-order valence-electron chi connectivity index (χ1n) is 6.51. The Kier molecular flexibility index (Phi) is 6.30. The first-order chi connectivity index (χ1) is 9.19. The summed E-state index contributed by atoms with van der Waals surface area (Å²) in [5, 5.41) is 0.613. The average Bonchev–Trinajstić information content (AvgIpc) is 2.33. The van der Waals surface area contributed by atoms with Crippen molar-refractivity contribution in [2.45, 2.75) is 38.5 Å². The van der Waals surface area contributed by atoms with E-state index in [0.717, 1.165) is 5.56 Å². The van der Waals surface area contributed by atoms with Gasteiger partial charge in [0.1, 0.15) is 0 Å². The highest BCUT2D eigenvalue weighted by Gasteiger charge is 2.31. The summed E-state index contributed by atoms with van der Waals surface area (Å²) in [6.07, 6.45) is -3.72. The topological polar surface area (TPSA) is 29.3 Å². The van der Waals surface area contributed by atoms with Crippen LogP contribution >= 0.6 is 11.6 Å². The van der Waals surface area contributed by atoms with Gasteiger partial charge in [-0.3, -0.25) is 4.90 Å². The quantitative estimate of drug-likeness (QED) is 0.860. The van der Waals surface area contributed by atoms with Gasteiger partial charge in [0.25, 0.3) is 0 Å². The van der Waals surface area contributed by atoms with Gasteiger partial charge in [0.05, 0.1) is 6.54 Å². The molecule has 1 rings (SSSR count). The number of rotatable bonds is 6. The zero-order valence-corrected chi connectivity index (χ0v) is 12.4. The van der Waals surface area contributed by atoms with Crippen molar-refractivity contribution in [3.05, 3.63) is 34.9 Å². The van der Waals surface area contributed by atoms with Gasteiger partial charge < -0.3 is 5.73 Å². The van der Waals surface area contributed by atoms with Crippen LogP contribution in [0.3, 0.4) is 0 Å². The van der Waals surface area contributed by atoms with Gasteiger partial charge in [-0.05, 0) is 38.0 Å². The largest absolute Gasteiger partial charge is 0.401 e. The highest BCUT2D eigenvalue weighted by atomic mass is 35.5. The van der Waals surface area contributed by atoms with Crippen LogP contribution in [0.1, 0.15) is 31.9 Å². The predicted molar refractivity (Wildman–Crippen MR) is 75.8 cm³/mol. The lowest BCUT2D eigenvalue weighted by Gasteiger charge is -2.28. The molecule has 1 aromatic rings. The molecular formula is C14H20ClF3N2. The van der Waals surface area contributed by atoms with Crippen LogP contribution in [0.25, 0.3) is 0 Å². The van der Waals surface area contributed by atoms with Gasteiger partial charge in [-0.15, -0.1) is 0 Å². The van der Waals surface area contributed by atoms with E-state index in [1.807, 2.05) is 0 Å².